The number of methoxy groups -OCH3 is 2. The number of pyridine rings is 1. The van der Waals surface area contributed by atoms with Crippen molar-refractivity contribution in [2.24, 2.45) is 0 Å². The zero-order valence-corrected chi connectivity index (χ0v) is 13.2. The van der Waals surface area contributed by atoms with Gasteiger partial charge in [-0.05, 0) is 35.9 Å². The standard InChI is InChI=1S/C17H16N2O5/c1-23-16(21)12-3-4-13(17(22)24-2)14(10-12)19-15(20)9-11-5-7-18-8-6-11/h3-8,10H,9H2,1-2H3,(H,19,20). The Balaban J connectivity index is 2.26. The van der Waals surface area contributed by atoms with Gasteiger partial charge >= 0.3 is 11.9 Å². The minimum Gasteiger partial charge on any atom is -0.465 e. The third-order valence-corrected chi connectivity index (χ3v) is 3.23. The second-order valence-electron chi connectivity index (χ2n) is 4.82. The molecule has 0 aliphatic heterocycles. The maximum Gasteiger partial charge on any atom is 0.339 e. The summed E-state index contributed by atoms with van der Waals surface area (Å²) in [6.07, 6.45) is 3.27. The van der Waals surface area contributed by atoms with Crippen LogP contribution in [0, 0.1) is 0 Å². The van der Waals surface area contributed by atoms with Crippen molar-refractivity contribution in [2.45, 2.75) is 6.42 Å². The van der Waals surface area contributed by atoms with Crippen LogP contribution in [0.3, 0.4) is 0 Å². The van der Waals surface area contributed by atoms with Crippen molar-refractivity contribution in [3.8, 4) is 0 Å². The van der Waals surface area contributed by atoms with Gasteiger partial charge in [0.1, 0.15) is 0 Å². The smallest absolute Gasteiger partial charge is 0.339 e. The molecule has 0 aliphatic carbocycles. The van der Waals surface area contributed by atoms with E-state index in [4.69, 9.17) is 0 Å². The normalized spacial score (nSPS) is 9.92. The Labute approximate surface area is 138 Å². The second kappa shape index (κ2) is 7.87. The molecular formula is C17H16N2O5. The predicted molar refractivity (Wildman–Crippen MR) is 85.7 cm³/mol. The SMILES string of the molecule is COC(=O)c1ccc(C(=O)OC)c(NC(=O)Cc2ccncc2)c1. The lowest BCUT2D eigenvalue weighted by Gasteiger charge is -2.11. The highest BCUT2D eigenvalue weighted by Gasteiger charge is 2.17. The molecule has 1 aromatic carbocycles. The fourth-order valence-corrected chi connectivity index (χ4v) is 2.06. The fourth-order valence-electron chi connectivity index (χ4n) is 2.06. The molecule has 124 valence electrons. The van der Waals surface area contributed by atoms with Gasteiger partial charge in [-0.1, -0.05) is 0 Å². The molecule has 0 saturated carbocycles. The summed E-state index contributed by atoms with van der Waals surface area (Å²) in [6, 6.07) is 7.64. The van der Waals surface area contributed by atoms with Gasteiger partial charge < -0.3 is 14.8 Å². The Morgan fingerprint density at radius 1 is 1.00 bits per heavy atom. The molecule has 0 atom stereocenters. The van der Waals surface area contributed by atoms with Crippen LogP contribution < -0.4 is 5.32 Å². The number of carbonyl (C=O) groups is 3. The summed E-state index contributed by atoms with van der Waals surface area (Å²) in [6.45, 7) is 0. The van der Waals surface area contributed by atoms with E-state index in [1.165, 1.54) is 32.4 Å². The number of aromatic nitrogens is 1. The number of hydrogen-bond donors (Lipinski definition) is 1. The molecule has 0 spiro atoms. The van der Waals surface area contributed by atoms with Crippen LogP contribution in [-0.4, -0.2) is 37.0 Å². The molecule has 1 N–H and O–H groups in total. The molecular weight excluding hydrogens is 312 g/mol. The van der Waals surface area contributed by atoms with E-state index in [9.17, 15) is 14.4 Å². The van der Waals surface area contributed by atoms with E-state index in [2.05, 4.69) is 19.8 Å². The highest BCUT2D eigenvalue weighted by Crippen LogP contribution is 2.20. The number of rotatable bonds is 5. The van der Waals surface area contributed by atoms with E-state index in [1.54, 1.807) is 24.5 Å². The number of carbonyl (C=O) groups excluding carboxylic acids is 3. The molecule has 2 aromatic rings. The Morgan fingerprint density at radius 2 is 1.67 bits per heavy atom. The summed E-state index contributed by atoms with van der Waals surface area (Å²) in [5, 5.41) is 2.63. The number of esters is 2. The van der Waals surface area contributed by atoms with E-state index in [1.807, 2.05) is 0 Å². The minimum absolute atomic E-state index is 0.103. The first-order valence-corrected chi connectivity index (χ1v) is 7.04. The average molecular weight is 328 g/mol. The van der Waals surface area contributed by atoms with Crippen molar-refractivity contribution < 1.29 is 23.9 Å². The van der Waals surface area contributed by atoms with Gasteiger partial charge in [0.25, 0.3) is 0 Å². The summed E-state index contributed by atoms with van der Waals surface area (Å²) < 4.78 is 9.33. The van der Waals surface area contributed by atoms with E-state index in [0.717, 1.165) is 5.56 Å². The largest absolute Gasteiger partial charge is 0.465 e. The minimum atomic E-state index is -0.620. The van der Waals surface area contributed by atoms with Crippen molar-refractivity contribution >= 4 is 23.5 Å². The summed E-state index contributed by atoms with van der Waals surface area (Å²) in [5.41, 5.74) is 1.31. The van der Waals surface area contributed by atoms with Crippen LogP contribution in [-0.2, 0) is 20.7 Å². The monoisotopic (exact) mass is 328 g/mol. The lowest BCUT2D eigenvalue weighted by atomic mass is 10.1. The topological polar surface area (TPSA) is 94.6 Å². The highest BCUT2D eigenvalue weighted by molar-refractivity contribution is 6.03. The van der Waals surface area contributed by atoms with Gasteiger partial charge in [0.05, 0.1) is 37.5 Å². The van der Waals surface area contributed by atoms with E-state index < -0.39 is 11.9 Å². The highest BCUT2D eigenvalue weighted by atomic mass is 16.5. The Hall–Kier alpha value is -3.22. The molecule has 1 aromatic heterocycles. The van der Waals surface area contributed by atoms with E-state index in [-0.39, 0.29) is 29.1 Å². The third-order valence-electron chi connectivity index (χ3n) is 3.23. The number of amides is 1. The third kappa shape index (κ3) is 4.16. The Kier molecular flexibility index (Phi) is 5.62. The molecule has 7 heteroatoms. The first kappa shape index (κ1) is 17.1. The quantitative estimate of drug-likeness (QED) is 0.842. The number of hydrogen-bond acceptors (Lipinski definition) is 6. The summed E-state index contributed by atoms with van der Waals surface area (Å²) in [7, 11) is 2.48. The van der Waals surface area contributed by atoms with Gasteiger partial charge in [0.2, 0.25) is 5.91 Å². The molecule has 7 nitrogen and oxygen atoms in total. The Bertz CT molecular complexity index is 759. The molecule has 0 bridgehead atoms. The molecule has 0 saturated heterocycles. The summed E-state index contributed by atoms with van der Waals surface area (Å²) in [5.74, 6) is -1.53. The predicted octanol–water partition coefficient (Wildman–Crippen LogP) is 1.84. The Morgan fingerprint density at radius 3 is 2.29 bits per heavy atom. The second-order valence-corrected chi connectivity index (χ2v) is 4.82. The first-order chi connectivity index (χ1) is 11.5. The fraction of sp³-hybridized carbons (Fsp3) is 0.176. The first-order valence-electron chi connectivity index (χ1n) is 7.04. The zero-order valence-electron chi connectivity index (χ0n) is 13.2. The number of nitrogens with zero attached hydrogens (tertiary/aromatic N) is 1. The number of nitrogens with one attached hydrogen (secondary N) is 1. The van der Waals surface area contributed by atoms with Gasteiger partial charge in [-0.15, -0.1) is 0 Å². The van der Waals surface area contributed by atoms with Crippen LogP contribution in [0.4, 0.5) is 5.69 Å². The van der Waals surface area contributed by atoms with Crippen LogP contribution in [0.1, 0.15) is 26.3 Å². The molecule has 1 amide bonds. The molecule has 0 unspecified atom stereocenters. The van der Waals surface area contributed by atoms with Gasteiger partial charge in [-0.25, -0.2) is 9.59 Å². The molecule has 0 aliphatic rings. The van der Waals surface area contributed by atoms with Gasteiger partial charge in [0, 0.05) is 12.4 Å². The van der Waals surface area contributed by atoms with Crippen LogP contribution in [0.2, 0.25) is 0 Å². The maximum atomic E-state index is 12.2. The molecule has 1 heterocycles. The van der Waals surface area contributed by atoms with Gasteiger partial charge in [-0.2, -0.15) is 0 Å². The zero-order chi connectivity index (χ0) is 17.5. The maximum absolute atomic E-state index is 12.2. The molecule has 2 rings (SSSR count). The summed E-state index contributed by atoms with van der Waals surface area (Å²) >= 11 is 0. The van der Waals surface area contributed by atoms with Crippen molar-refractivity contribution in [1.29, 1.82) is 0 Å². The molecule has 0 fully saturated rings. The molecule has 0 radical (unpaired) electrons. The van der Waals surface area contributed by atoms with Crippen molar-refractivity contribution in [3.63, 3.8) is 0 Å². The van der Waals surface area contributed by atoms with Crippen molar-refractivity contribution in [3.05, 3.63) is 59.4 Å². The number of ether oxygens (including phenoxy) is 2. The van der Waals surface area contributed by atoms with Crippen LogP contribution in [0.5, 0.6) is 0 Å². The number of anilines is 1. The van der Waals surface area contributed by atoms with E-state index >= 15 is 0 Å². The number of benzene rings is 1. The van der Waals surface area contributed by atoms with Crippen molar-refractivity contribution in [1.82, 2.24) is 4.98 Å². The van der Waals surface area contributed by atoms with Crippen LogP contribution in [0.15, 0.2) is 42.7 Å². The van der Waals surface area contributed by atoms with Crippen LogP contribution >= 0.6 is 0 Å². The average Bonchev–Trinajstić information content (AvgIpc) is 2.61. The van der Waals surface area contributed by atoms with Crippen molar-refractivity contribution in [2.75, 3.05) is 19.5 Å². The summed E-state index contributed by atoms with van der Waals surface area (Å²) in [4.78, 5) is 39.5. The van der Waals surface area contributed by atoms with E-state index in [0.29, 0.717) is 0 Å². The molecule has 24 heavy (non-hydrogen) atoms. The lowest BCUT2D eigenvalue weighted by Crippen LogP contribution is -2.18. The lowest BCUT2D eigenvalue weighted by molar-refractivity contribution is -0.115. The van der Waals surface area contributed by atoms with Gasteiger partial charge in [0.15, 0.2) is 0 Å². The van der Waals surface area contributed by atoms with Crippen LogP contribution in [0.25, 0.3) is 0 Å². The van der Waals surface area contributed by atoms with Gasteiger partial charge in [-0.3, -0.25) is 9.78 Å².